The molecule has 3 atom stereocenters. The summed E-state index contributed by atoms with van der Waals surface area (Å²) in [5.41, 5.74) is 0. The van der Waals surface area contributed by atoms with Gasteiger partial charge in [0.05, 0.1) is 6.10 Å². The second-order valence-corrected chi connectivity index (χ2v) is 5.48. The largest absolute Gasteiger partial charge is 0.391 e. The monoisotopic (exact) mass is 211 g/mol. The Balaban J connectivity index is 1.68. The summed E-state index contributed by atoms with van der Waals surface area (Å²) in [5.74, 6) is 2.28. The third kappa shape index (κ3) is 2.51. The van der Waals surface area contributed by atoms with E-state index in [1.165, 1.54) is 6.42 Å². The number of nitrogens with one attached hydrogen (secondary N) is 1. The maximum atomic E-state index is 11.7. The van der Waals surface area contributed by atoms with Gasteiger partial charge in [-0.05, 0) is 37.0 Å². The molecule has 0 aromatic carbocycles. The topological polar surface area (TPSA) is 49.3 Å². The van der Waals surface area contributed by atoms with Gasteiger partial charge in [0, 0.05) is 12.5 Å². The maximum absolute atomic E-state index is 11.7. The lowest BCUT2D eigenvalue weighted by atomic mass is 10.0. The van der Waals surface area contributed by atoms with Gasteiger partial charge in [0.2, 0.25) is 5.91 Å². The van der Waals surface area contributed by atoms with Gasteiger partial charge in [-0.2, -0.15) is 0 Å². The van der Waals surface area contributed by atoms with E-state index in [2.05, 4.69) is 5.32 Å². The average Bonchev–Trinajstić information content (AvgIpc) is 2.81. The van der Waals surface area contributed by atoms with Crippen LogP contribution in [0.1, 0.15) is 33.1 Å². The van der Waals surface area contributed by atoms with E-state index in [0.717, 1.165) is 24.7 Å². The Morgan fingerprint density at radius 3 is 2.47 bits per heavy atom. The molecule has 0 aromatic heterocycles. The van der Waals surface area contributed by atoms with Crippen LogP contribution in [0.15, 0.2) is 0 Å². The summed E-state index contributed by atoms with van der Waals surface area (Å²) in [6.07, 6.45) is 3.09. The first-order valence-corrected chi connectivity index (χ1v) is 6.03. The molecule has 0 saturated heterocycles. The molecule has 0 aliphatic heterocycles. The van der Waals surface area contributed by atoms with E-state index in [-0.39, 0.29) is 17.7 Å². The van der Waals surface area contributed by atoms with Crippen LogP contribution in [0.3, 0.4) is 0 Å². The molecular weight excluding hydrogens is 190 g/mol. The van der Waals surface area contributed by atoms with Gasteiger partial charge < -0.3 is 10.4 Å². The molecule has 0 aromatic rings. The van der Waals surface area contributed by atoms with Gasteiger partial charge in [-0.3, -0.25) is 4.79 Å². The average molecular weight is 211 g/mol. The molecule has 3 nitrogen and oxygen atoms in total. The summed E-state index contributed by atoms with van der Waals surface area (Å²) < 4.78 is 0. The standard InChI is InChI=1S/C12H21NO2/c1-7(2)11(14)6-13-12(15)10-4-8-3-9(8)5-10/h7-11,14H,3-6H2,1-2H3,(H,13,15). The van der Waals surface area contributed by atoms with Crippen LogP contribution in [-0.4, -0.2) is 23.7 Å². The van der Waals surface area contributed by atoms with Gasteiger partial charge in [0.15, 0.2) is 0 Å². The van der Waals surface area contributed by atoms with E-state index in [4.69, 9.17) is 0 Å². The first-order valence-electron chi connectivity index (χ1n) is 6.03. The highest BCUT2D eigenvalue weighted by Crippen LogP contribution is 2.54. The molecule has 3 heteroatoms. The van der Waals surface area contributed by atoms with Crippen molar-refractivity contribution in [3.8, 4) is 0 Å². The lowest BCUT2D eigenvalue weighted by Crippen LogP contribution is -2.37. The number of hydrogen-bond donors (Lipinski definition) is 2. The zero-order chi connectivity index (χ0) is 11.0. The van der Waals surface area contributed by atoms with Crippen molar-refractivity contribution in [3.63, 3.8) is 0 Å². The molecule has 2 aliphatic rings. The molecule has 1 amide bonds. The van der Waals surface area contributed by atoms with Crippen LogP contribution in [0.5, 0.6) is 0 Å². The zero-order valence-corrected chi connectivity index (χ0v) is 9.57. The van der Waals surface area contributed by atoms with Crippen molar-refractivity contribution in [2.75, 3.05) is 6.54 Å². The SMILES string of the molecule is CC(C)C(O)CNC(=O)C1CC2CC2C1. The van der Waals surface area contributed by atoms with Crippen molar-refractivity contribution in [2.24, 2.45) is 23.7 Å². The molecule has 2 fully saturated rings. The molecule has 0 radical (unpaired) electrons. The normalized spacial score (nSPS) is 35.1. The minimum absolute atomic E-state index is 0.155. The van der Waals surface area contributed by atoms with Crippen LogP contribution in [0.4, 0.5) is 0 Å². The van der Waals surface area contributed by atoms with Crippen LogP contribution >= 0.6 is 0 Å². The summed E-state index contributed by atoms with van der Waals surface area (Å²) >= 11 is 0. The number of amides is 1. The fourth-order valence-electron chi connectivity index (χ4n) is 2.51. The first-order chi connectivity index (χ1) is 7.08. The summed E-state index contributed by atoms with van der Waals surface area (Å²) in [6.45, 7) is 4.32. The summed E-state index contributed by atoms with van der Waals surface area (Å²) in [7, 11) is 0. The molecule has 0 spiro atoms. The molecule has 2 aliphatic carbocycles. The summed E-state index contributed by atoms with van der Waals surface area (Å²) in [5, 5.41) is 12.4. The molecule has 2 saturated carbocycles. The van der Waals surface area contributed by atoms with E-state index < -0.39 is 6.10 Å². The van der Waals surface area contributed by atoms with Crippen LogP contribution in [0.2, 0.25) is 0 Å². The second-order valence-electron chi connectivity index (χ2n) is 5.48. The number of rotatable bonds is 4. The van der Waals surface area contributed by atoms with Gasteiger partial charge in [-0.15, -0.1) is 0 Å². The minimum Gasteiger partial charge on any atom is -0.391 e. The van der Waals surface area contributed by atoms with Gasteiger partial charge in [0.25, 0.3) is 0 Å². The quantitative estimate of drug-likeness (QED) is 0.733. The van der Waals surface area contributed by atoms with Crippen molar-refractivity contribution in [2.45, 2.75) is 39.2 Å². The van der Waals surface area contributed by atoms with E-state index in [1.807, 2.05) is 13.8 Å². The Morgan fingerprint density at radius 2 is 1.93 bits per heavy atom. The lowest BCUT2D eigenvalue weighted by molar-refractivity contribution is -0.125. The second kappa shape index (κ2) is 4.12. The number of hydrogen-bond acceptors (Lipinski definition) is 2. The number of aliphatic hydroxyl groups is 1. The highest BCUT2D eigenvalue weighted by atomic mass is 16.3. The number of aliphatic hydroxyl groups excluding tert-OH is 1. The van der Waals surface area contributed by atoms with Crippen LogP contribution < -0.4 is 5.32 Å². The summed E-state index contributed by atoms with van der Waals surface area (Å²) in [4.78, 5) is 11.7. The Bertz CT molecular complexity index is 242. The predicted molar refractivity (Wildman–Crippen MR) is 58.2 cm³/mol. The maximum Gasteiger partial charge on any atom is 0.223 e. The Morgan fingerprint density at radius 1 is 1.33 bits per heavy atom. The van der Waals surface area contributed by atoms with Crippen molar-refractivity contribution in [1.82, 2.24) is 5.32 Å². The van der Waals surface area contributed by atoms with Crippen LogP contribution in [0.25, 0.3) is 0 Å². The Hall–Kier alpha value is -0.570. The first kappa shape index (κ1) is 10.9. The van der Waals surface area contributed by atoms with Gasteiger partial charge in [0.1, 0.15) is 0 Å². The van der Waals surface area contributed by atoms with Gasteiger partial charge in [-0.25, -0.2) is 0 Å². The van der Waals surface area contributed by atoms with E-state index in [1.54, 1.807) is 0 Å². The number of carbonyl (C=O) groups is 1. The van der Waals surface area contributed by atoms with Gasteiger partial charge >= 0.3 is 0 Å². The number of fused-ring (bicyclic) bond motifs is 1. The summed E-state index contributed by atoms with van der Waals surface area (Å²) in [6, 6.07) is 0. The van der Waals surface area contributed by atoms with Crippen molar-refractivity contribution >= 4 is 5.91 Å². The van der Waals surface area contributed by atoms with E-state index >= 15 is 0 Å². The van der Waals surface area contributed by atoms with Crippen LogP contribution in [-0.2, 0) is 4.79 Å². The van der Waals surface area contributed by atoms with Crippen molar-refractivity contribution in [1.29, 1.82) is 0 Å². The molecule has 0 bridgehead atoms. The predicted octanol–water partition coefficient (Wildman–Crippen LogP) is 1.17. The highest BCUT2D eigenvalue weighted by molar-refractivity contribution is 5.79. The van der Waals surface area contributed by atoms with E-state index in [0.29, 0.717) is 6.54 Å². The lowest BCUT2D eigenvalue weighted by Gasteiger charge is -2.17. The molecule has 0 heterocycles. The Labute approximate surface area is 91.2 Å². The van der Waals surface area contributed by atoms with E-state index in [9.17, 15) is 9.90 Å². The third-order valence-corrected chi connectivity index (χ3v) is 3.87. The highest BCUT2D eigenvalue weighted by Gasteiger charge is 2.47. The fraction of sp³-hybridized carbons (Fsp3) is 0.917. The number of carbonyl (C=O) groups excluding carboxylic acids is 1. The van der Waals surface area contributed by atoms with Gasteiger partial charge in [-0.1, -0.05) is 13.8 Å². The minimum atomic E-state index is -0.412. The zero-order valence-electron chi connectivity index (χ0n) is 9.57. The van der Waals surface area contributed by atoms with Crippen LogP contribution in [0, 0.1) is 23.7 Å². The molecule has 3 unspecified atom stereocenters. The molecular formula is C12H21NO2. The molecule has 2 N–H and O–H groups in total. The van der Waals surface area contributed by atoms with Crippen molar-refractivity contribution in [3.05, 3.63) is 0 Å². The van der Waals surface area contributed by atoms with Crippen molar-refractivity contribution < 1.29 is 9.90 Å². The Kier molecular flexibility index (Phi) is 3.01. The third-order valence-electron chi connectivity index (χ3n) is 3.87. The molecule has 86 valence electrons. The fourth-order valence-corrected chi connectivity index (χ4v) is 2.51. The molecule has 15 heavy (non-hydrogen) atoms. The smallest absolute Gasteiger partial charge is 0.223 e. The molecule has 2 rings (SSSR count).